The lowest BCUT2D eigenvalue weighted by Gasteiger charge is -2.34. The van der Waals surface area contributed by atoms with Gasteiger partial charge in [-0.05, 0) is 63.9 Å². The van der Waals surface area contributed by atoms with Crippen molar-refractivity contribution in [3.05, 3.63) is 63.6 Å². The lowest BCUT2D eigenvalue weighted by Crippen LogP contribution is -2.55. The number of anilines is 1. The standard InChI is InChI=1S/C26H33Cl2N3O5S/c1-7-23(25(34)29-26(3,4)5)30(15-19-11-12-20(27)14-22(19)28)24(33)16-31(37(6,35)36)21-10-8-9-18(13-21)17(2)32/h8-14,23H,7,15-16H2,1-6H3,(H,29,34)/t23-/m0/s1. The second kappa shape index (κ2) is 12.3. The number of rotatable bonds is 10. The summed E-state index contributed by atoms with van der Waals surface area (Å²) < 4.78 is 26.4. The molecule has 0 aromatic heterocycles. The van der Waals surface area contributed by atoms with E-state index in [1.807, 2.05) is 20.8 Å². The molecule has 2 rings (SSSR count). The Labute approximate surface area is 229 Å². The maximum atomic E-state index is 13.7. The van der Waals surface area contributed by atoms with Crippen molar-refractivity contribution < 1.29 is 22.8 Å². The third kappa shape index (κ3) is 8.72. The van der Waals surface area contributed by atoms with Crippen molar-refractivity contribution in [2.75, 3.05) is 17.1 Å². The summed E-state index contributed by atoms with van der Waals surface area (Å²) >= 11 is 12.4. The summed E-state index contributed by atoms with van der Waals surface area (Å²) in [6, 6.07) is 9.95. The Morgan fingerprint density at radius 2 is 1.70 bits per heavy atom. The van der Waals surface area contributed by atoms with Gasteiger partial charge < -0.3 is 10.2 Å². The molecule has 0 aliphatic heterocycles. The Balaban J connectivity index is 2.53. The third-order valence-corrected chi connectivity index (χ3v) is 7.19. The van der Waals surface area contributed by atoms with E-state index in [0.29, 0.717) is 21.2 Å². The molecule has 0 heterocycles. The molecule has 1 atom stereocenters. The highest BCUT2D eigenvalue weighted by Crippen LogP contribution is 2.25. The molecule has 0 spiro atoms. The van der Waals surface area contributed by atoms with Crippen LogP contribution in [0.3, 0.4) is 0 Å². The van der Waals surface area contributed by atoms with Gasteiger partial charge in [-0.25, -0.2) is 8.42 Å². The van der Waals surface area contributed by atoms with E-state index < -0.39 is 34.1 Å². The van der Waals surface area contributed by atoms with Crippen LogP contribution in [0.2, 0.25) is 10.0 Å². The highest BCUT2D eigenvalue weighted by atomic mass is 35.5. The zero-order valence-electron chi connectivity index (χ0n) is 21.8. The molecule has 1 N–H and O–H groups in total. The van der Waals surface area contributed by atoms with Crippen LogP contribution in [0, 0.1) is 0 Å². The minimum Gasteiger partial charge on any atom is -0.350 e. The van der Waals surface area contributed by atoms with E-state index in [9.17, 15) is 22.8 Å². The highest BCUT2D eigenvalue weighted by Gasteiger charge is 2.33. The number of ketones is 1. The molecule has 0 saturated heterocycles. The van der Waals surface area contributed by atoms with E-state index in [0.717, 1.165) is 10.6 Å². The predicted molar refractivity (Wildman–Crippen MR) is 148 cm³/mol. The van der Waals surface area contributed by atoms with E-state index >= 15 is 0 Å². The van der Waals surface area contributed by atoms with Gasteiger partial charge in [0.15, 0.2) is 5.78 Å². The number of Topliss-reactive ketones (excluding diaryl/α,β-unsaturated/α-hetero) is 1. The minimum absolute atomic E-state index is 0.0456. The van der Waals surface area contributed by atoms with Crippen LogP contribution in [-0.2, 0) is 26.2 Å². The summed E-state index contributed by atoms with van der Waals surface area (Å²) in [5.74, 6) is -1.23. The lowest BCUT2D eigenvalue weighted by atomic mass is 10.1. The van der Waals surface area contributed by atoms with Gasteiger partial charge in [0.25, 0.3) is 0 Å². The summed E-state index contributed by atoms with van der Waals surface area (Å²) in [7, 11) is -3.93. The number of amides is 2. The van der Waals surface area contributed by atoms with Crippen molar-refractivity contribution >= 4 is 56.5 Å². The van der Waals surface area contributed by atoms with Gasteiger partial charge in [-0.15, -0.1) is 0 Å². The van der Waals surface area contributed by atoms with E-state index in [1.54, 1.807) is 31.2 Å². The fraction of sp³-hybridized carbons (Fsp3) is 0.423. The van der Waals surface area contributed by atoms with Crippen LogP contribution in [0.1, 0.15) is 57.0 Å². The van der Waals surface area contributed by atoms with Crippen molar-refractivity contribution in [1.82, 2.24) is 10.2 Å². The van der Waals surface area contributed by atoms with Gasteiger partial charge in [-0.2, -0.15) is 0 Å². The molecule has 8 nitrogen and oxygen atoms in total. The van der Waals surface area contributed by atoms with Crippen molar-refractivity contribution in [1.29, 1.82) is 0 Å². The summed E-state index contributed by atoms with van der Waals surface area (Å²) in [4.78, 5) is 40.1. The molecule has 2 amide bonds. The second-order valence-corrected chi connectivity index (χ2v) is 12.5. The molecule has 0 unspecified atom stereocenters. The van der Waals surface area contributed by atoms with Crippen LogP contribution in [0.25, 0.3) is 0 Å². The van der Waals surface area contributed by atoms with Crippen LogP contribution < -0.4 is 9.62 Å². The molecule has 202 valence electrons. The summed E-state index contributed by atoms with van der Waals surface area (Å²) in [5, 5.41) is 3.62. The van der Waals surface area contributed by atoms with Crippen molar-refractivity contribution in [2.24, 2.45) is 0 Å². The SMILES string of the molecule is CC[C@@H](C(=O)NC(C)(C)C)N(Cc1ccc(Cl)cc1Cl)C(=O)CN(c1cccc(C(C)=O)c1)S(C)(=O)=O. The molecule has 11 heteroatoms. The zero-order valence-corrected chi connectivity index (χ0v) is 24.2. The molecular formula is C26H33Cl2N3O5S. The number of carbonyl (C=O) groups is 3. The molecule has 0 fully saturated rings. The highest BCUT2D eigenvalue weighted by molar-refractivity contribution is 7.92. The summed E-state index contributed by atoms with van der Waals surface area (Å²) in [6.45, 7) is 7.99. The maximum absolute atomic E-state index is 13.7. The second-order valence-electron chi connectivity index (χ2n) is 9.80. The average molecular weight is 571 g/mol. The van der Waals surface area contributed by atoms with Gasteiger partial charge >= 0.3 is 0 Å². The maximum Gasteiger partial charge on any atom is 0.244 e. The van der Waals surface area contributed by atoms with Crippen LogP contribution in [0.5, 0.6) is 0 Å². The monoisotopic (exact) mass is 569 g/mol. The van der Waals surface area contributed by atoms with Crippen LogP contribution in [0.15, 0.2) is 42.5 Å². The molecule has 0 aliphatic rings. The van der Waals surface area contributed by atoms with Gasteiger partial charge in [-0.3, -0.25) is 18.7 Å². The molecule has 2 aromatic carbocycles. The molecule has 0 saturated carbocycles. The first-order valence-corrected chi connectivity index (χ1v) is 14.3. The number of nitrogens with zero attached hydrogens (tertiary/aromatic N) is 2. The fourth-order valence-corrected chi connectivity index (χ4v) is 5.01. The predicted octanol–water partition coefficient (Wildman–Crippen LogP) is 4.68. The first-order chi connectivity index (χ1) is 17.0. The Kier molecular flexibility index (Phi) is 10.2. The average Bonchev–Trinajstić information content (AvgIpc) is 2.76. The van der Waals surface area contributed by atoms with Crippen LogP contribution in [-0.4, -0.2) is 55.3 Å². The molecule has 2 aromatic rings. The van der Waals surface area contributed by atoms with Crippen molar-refractivity contribution in [3.63, 3.8) is 0 Å². The summed E-state index contributed by atoms with van der Waals surface area (Å²) in [5.41, 5.74) is 0.466. The normalized spacial score (nSPS) is 12.5. The van der Waals surface area contributed by atoms with Gasteiger partial charge in [0.05, 0.1) is 11.9 Å². The number of benzene rings is 2. The number of hydrogen-bond acceptors (Lipinski definition) is 5. The molecule has 37 heavy (non-hydrogen) atoms. The lowest BCUT2D eigenvalue weighted by molar-refractivity contribution is -0.141. The van der Waals surface area contributed by atoms with Crippen molar-refractivity contribution in [3.8, 4) is 0 Å². The van der Waals surface area contributed by atoms with Gasteiger partial charge in [0, 0.05) is 27.7 Å². The Bertz CT molecular complexity index is 1280. The Morgan fingerprint density at radius 3 is 2.22 bits per heavy atom. The van der Waals surface area contributed by atoms with Crippen LogP contribution in [0.4, 0.5) is 5.69 Å². The Hall–Kier alpha value is -2.62. The van der Waals surface area contributed by atoms with Gasteiger partial charge in [-0.1, -0.05) is 48.3 Å². The van der Waals surface area contributed by atoms with E-state index in [2.05, 4.69) is 5.32 Å². The fourth-order valence-electron chi connectivity index (χ4n) is 3.70. The number of hydrogen-bond donors (Lipinski definition) is 1. The van der Waals surface area contributed by atoms with Gasteiger partial charge in [0.1, 0.15) is 12.6 Å². The topological polar surface area (TPSA) is 104 Å². The third-order valence-electron chi connectivity index (χ3n) is 5.46. The van der Waals surface area contributed by atoms with E-state index in [-0.39, 0.29) is 30.3 Å². The Morgan fingerprint density at radius 1 is 1.05 bits per heavy atom. The largest absolute Gasteiger partial charge is 0.350 e. The smallest absolute Gasteiger partial charge is 0.244 e. The quantitative estimate of drug-likeness (QED) is 0.418. The number of sulfonamides is 1. The first-order valence-electron chi connectivity index (χ1n) is 11.7. The van der Waals surface area contributed by atoms with Crippen LogP contribution >= 0.6 is 23.2 Å². The van der Waals surface area contributed by atoms with E-state index in [1.165, 1.54) is 30.0 Å². The number of carbonyl (C=O) groups excluding carboxylic acids is 3. The number of halogens is 2. The minimum atomic E-state index is -3.93. The molecular weight excluding hydrogens is 537 g/mol. The molecule has 0 radical (unpaired) electrons. The summed E-state index contributed by atoms with van der Waals surface area (Å²) in [6.07, 6.45) is 1.25. The molecule has 0 bridgehead atoms. The zero-order chi connectivity index (χ0) is 28.1. The van der Waals surface area contributed by atoms with E-state index in [4.69, 9.17) is 23.2 Å². The van der Waals surface area contributed by atoms with Crippen molar-refractivity contribution in [2.45, 2.75) is 59.2 Å². The van der Waals surface area contributed by atoms with Gasteiger partial charge in [0.2, 0.25) is 21.8 Å². The molecule has 0 aliphatic carbocycles. The number of nitrogens with one attached hydrogen (secondary N) is 1. The first kappa shape index (κ1) is 30.6.